The van der Waals surface area contributed by atoms with Gasteiger partial charge in [-0.25, -0.2) is 0 Å². The van der Waals surface area contributed by atoms with Gasteiger partial charge in [0.15, 0.2) is 11.5 Å². The van der Waals surface area contributed by atoms with E-state index in [2.05, 4.69) is 0 Å². The second kappa shape index (κ2) is 8.46. The Morgan fingerprint density at radius 1 is 0.556 bits per heavy atom. The molecule has 0 amide bonds. The van der Waals surface area contributed by atoms with Crippen LogP contribution in [-0.2, 0) is 0 Å². The van der Waals surface area contributed by atoms with E-state index < -0.39 is 11.8 Å². The number of rotatable bonds is 3. The Balaban J connectivity index is 1.84. The first-order valence-electron chi connectivity index (χ1n) is 11.2. The van der Waals surface area contributed by atoms with Gasteiger partial charge in [-0.2, -0.15) is 0 Å². The summed E-state index contributed by atoms with van der Waals surface area (Å²) in [6, 6.07) is 16.5. The number of allylic oxidation sites excluding steroid dienone is 1. The standard InChI is InChI=1S/C29H24O7/c1-14-2-3-15(7-24(14)34)6-21-22-12-20(32)13-26(36)29(22)28(16-4-5-23(33)25(35)10-16)27(21)17-8-18(30)11-19(31)9-17/h2-13,27-28,30-36H,1H3/b21-6-/t27-,28+/m1/s1. The molecule has 4 aromatic rings. The summed E-state index contributed by atoms with van der Waals surface area (Å²) in [6.07, 6.45) is 1.81. The first-order valence-corrected chi connectivity index (χ1v) is 11.2. The Labute approximate surface area is 206 Å². The minimum Gasteiger partial charge on any atom is -0.508 e. The minimum atomic E-state index is -0.626. The lowest BCUT2D eigenvalue weighted by molar-refractivity contribution is 0.402. The molecule has 0 radical (unpaired) electrons. The number of hydrogen-bond acceptors (Lipinski definition) is 7. The molecule has 0 heterocycles. The van der Waals surface area contributed by atoms with E-state index in [0.29, 0.717) is 39.0 Å². The molecule has 7 nitrogen and oxygen atoms in total. The zero-order chi connectivity index (χ0) is 25.7. The smallest absolute Gasteiger partial charge is 0.157 e. The quantitative estimate of drug-likeness (QED) is 0.193. The van der Waals surface area contributed by atoms with Crippen LogP contribution in [0.3, 0.4) is 0 Å². The van der Waals surface area contributed by atoms with Crippen molar-refractivity contribution in [3.8, 4) is 40.2 Å². The van der Waals surface area contributed by atoms with Crippen molar-refractivity contribution in [2.45, 2.75) is 18.8 Å². The van der Waals surface area contributed by atoms with Crippen molar-refractivity contribution < 1.29 is 35.7 Å². The van der Waals surface area contributed by atoms with Crippen molar-refractivity contribution >= 4 is 11.6 Å². The monoisotopic (exact) mass is 484 g/mol. The highest BCUT2D eigenvalue weighted by Gasteiger charge is 2.41. The third-order valence-corrected chi connectivity index (χ3v) is 6.63. The van der Waals surface area contributed by atoms with Crippen LogP contribution in [0.1, 0.15) is 45.2 Å². The third-order valence-electron chi connectivity index (χ3n) is 6.63. The maximum atomic E-state index is 11.0. The van der Waals surface area contributed by atoms with Crippen LogP contribution in [0.5, 0.6) is 40.2 Å². The topological polar surface area (TPSA) is 142 Å². The molecule has 0 fully saturated rings. The average Bonchev–Trinajstić information content (AvgIpc) is 3.11. The van der Waals surface area contributed by atoms with E-state index >= 15 is 0 Å². The molecule has 7 N–H and O–H groups in total. The van der Waals surface area contributed by atoms with Gasteiger partial charge in [0.2, 0.25) is 0 Å². The lowest BCUT2D eigenvalue weighted by Gasteiger charge is -2.24. The average molecular weight is 485 g/mol. The van der Waals surface area contributed by atoms with Gasteiger partial charge in [0.05, 0.1) is 0 Å². The maximum absolute atomic E-state index is 11.0. The summed E-state index contributed by atoms with van der Waals surface area (Å²) in [5.74, 6) is -2.41. The number of phenolic OH excluding ortho intramolecular Hbond substituents is 7. The highest BCUT2D eigenvalue weighted by Crippen LogP contribution is 2.59. The van der Waals surface area contributed by atoms with Gasteiger partial charge in [-0.3, -0.25) is 0 Å². The number of hydrogen-bond donors (Lipinski definition) is 7. The third kappa shape index (κ3) is 3.90. The normalized spacial score (nSPS) is 17.9. The summed E-state index contributed by atoms with van der Waals surface area (Å²) in [6.45, 7) is 1.78. The van der Waals surface area contributed by atoms with Crippen LogP contribution in [0.2, 0.25) is 0 Å². The number of benzene rings is 4. The minimum absolute atomic E-state index is 0.105. The fourth-order valence-corrected chi connectivity index (χ4v) is 5.03. The number of aryl methyl sites for hydroxylation is 1. The van der Waals surface area contributed by atoms with Crippen molar-refractivity contribution in [1.29, 1.82) is 0 Å². The van der Waals surface area contributed by atoms with Gasteiger partial charge in [0.25, 0.3) is 0 Å². The molecule has 0 saturated heterocycles. The van der Waals surface area contributed by atoms with E-state index in [-0.39, 0.29) is 40.2 Å². The van der Waals surface area contributed by atoms with Crippen LogP contribution in [-0.4, -0.2) is 35.7 Å². The van der Waals surface area contributed by atoms with Crippen LogP contribution in [0.25, 0.3) is 11.6 Å². The van der Waals surface area contributed by atoms with E-state index in [1.807, 2.05) is 12.1 Å². The van der Waals surface area contributed by atoms with Gasteiger partial charge in [-0.1, -0.05) is 24.3 Å². The van der Waals surface area contributed by atoms with Gasteiger partial charge in [0, 0.05) is 29.5 Å². The second-order valence-electron chi connectivity index (χ2n) is 9.06. The molecule has 0 unspecified atom stereocenters. The molecule has 2 atom stereocenters. The number of fused-ring (bicyclic) bond motifs is 1. The van der Waals surface area contributed by atoms with Crippen molar-refractivity contribution in [3.05, 3.63) is 100 Å². The molecule has 0 aliphatic heterocycles. The van der Waals surface area contributed by atoms with E-state index in [4.69, 9.17) is 0 Å². The van der Waals surface area contributed by atoms with Crippen LogP contribution < -0.4 is 0 Å². The summed E-state index contributed by atoms with van der Waals surface area (Å²) in [5, 5.41) is 72.3. The second-order valence-corrected chi connectivity index (χ2v) is 9.06. The van der Waals surface area contributed by atoms with Crippen molar-refractivity contribution in [3.63, 3.8) is 0 Å². The maximum Gasteiger partial charge on any atom is 0.157 e. The molecule has 0 bridgehead atoms. The van der Waals surface area contributed by atoms with E-state index in [1.165, 1.54) is 42.5 Å². The fourth-order valence-electron chi connectivity index (χ4n) is 5.03. The molecular formula is C29H24O7. The summed E-state index contributed by atoms with van der Waals surface area (Å²) in [7, 11) is 0. The molecule has 5 rings (SSSR count). The van der Waals surface area contributed by atoms with Gasteiger partial charge < -0.3 is 35.7 Å². The first kappa shape index (κ1) is 23.0. The lowest BCUT2D eigenvalue weighted by Crippen LogP contribution is -2.08. The Kier molecular flexibility index (Phi) is 5.40. The first-order chi connectivity index (χ1) is 17.1. The van der Waals surface area contributed by atoms with E-state index in [0.717, 1.165) is 0 Å². The summed E-state index contributed by atoms with van der Waals surface area (Å²) >= 11 is 0. The zero-order valence-electron chi connectivity index (χ0n) is 19.2. The van der Waals surface area contributed by atoms with E-state index in [1.54, 1.807) is 25.1 Å². The van der Waals surface area contributed by atoms with Crippen molar-refractivity contribution in [2.24, 2.45) is 0 Å². The fraction of sp³-hybridized carbons (Fsp3) is 0.103. The summed E-state index contributed by atoms with van der Waals surface area (Å²) < 4.78 is 0. The van der Waals surface area contributed by atoms with Gasteiger partial charge in [-0.05, 0) is 76.7 Å². The Morgan fingerprint density at radius 2 is 1.25 bits per heavy atom. The van der Waals surface area contributed by atoms with Crippen LogP contribution in [0, 0.1) is 6.92 Å². The van der Waals surface area contributed by atoms with Crippen molar-refractivity contribution in [2.75, 3.05) is 0 Å². The van der Waals surface area contributed by atoms with Crippen LogP contribution in [0.4, 0.5) is 0 Å². The predicted octanol–water partition coefficient (Wildman–Crippen LogP) is 5.40. The van der Waals surface area contributed by atoms with Crippen molar-refractivity contribution in [1.82, 2.24) is 0 Å². The Morgan fingerprint density at radius 3 is 1.92 bits per heavy atom. The number of phenols is 7. The number of aromatic hydroxyl groups is 7. The molecular weight excluding hydrogens is 460 g/mol. The summed E-state index contributed by atoms with van der Waals surface area (Å²) in [5.41, 5.74) is 4.06. The molecule has 7 heteroatoms. The predicted molar refractivity (Wildman–Crippen MR) is 135 cm³/mol. The molecule has 0 spiro atoms. The zero-order valence-corrected chi connectivity index (χ0v) is 19.2. The molecule has 0 saturated carbocycles. The highest BCUT2D eigenvalue weighted by atomic mass is 16.3. The van der Waals surface area contributed by atoms with E-state index in [9.17, 15) is 35.7 Å². The molecule has 1 aliphatic carbocycles. The molecule has 182 valence electrons. The van der Waals surface area contributed by atoms with Gasteiger partial charge >= 0.3 is 0 Å². The van der Waals surface area contributed by atoms with Crippen LogP contribution >= 0.6 is 0 Å². The van der Waals surface area contributed by atoms with Gasteiger partial charge in [0.1, 0.15) is 28.7 Å². The molecule has 0 aromatic heterocycles. The lowest BCUT2D eigenvalue weighted by atomic mass is 9.79. The largest absolute Gasteiger partial charge is 0.508 e. The SMILES string of the molecule is Cc1ccc(/C=C2/c3cc(O)cc(O)c3[C@@H](c3ccc(O)c(O)c3)[C@@H]2c2cc(O)cc(O)c2)cc1O. The highest BCUT2D eigenvalue weighted by molar-refractivity contribution is 5.93. The molecule has 1 aliphatic rings. The Bertz CT molecular complexity index is 1520. The summed E-state index contributed by atoms with van der Waals surface area (Å²) in [4.78, 5) is 0. The molecule has 36 heavy (non-hydrogen) atoms. The van der Waals surface area contributed by atoms with Crippen LogP contribution in [0.15, 0.2) is 66.7 Å². The Hall–Kier alpha value is -4.78. The van der Waals surface area contributed by atoms with Gasteiger partial charge in [-0.15, -0.1) is 0 Å². The molecule has 4 aromatic carbocycles.